The first kappa shape index (κ1) is 17.8. The number of hydrogen-bond acceptors (Lipinski definition) is 4. The van der Waals surface area contributed by atoms with Crippen molar-refractivity contribution < 1.29 is 4.39 Å². The number of fused-ring (bicyclic) bond motifs is 1. The zero-order valence-corrected chi connectivity index (χ0v) is 15.6. The average molecular weight is 370 g/mol. The molecule has 3 aromatic carbocycles. The SMILES string of the molecule is C/C(=N/Nc1nc(-c2ccccc2F)nc2ccccc12)c1ccc(C)cc1. The minimum atomic E-state index is -0.358. The van der Waals surface area contributed by atoms with Crippen LogP contribution in [0.1, 0.15) is 18.1 Å². The second kappa shape index (κ2) is 7.56. The molecule has 0 saturated carbocycles. The van der Waals surface area contributed by atoms with Crippen LogP contribution in [-0.4, -0.2) is 15.7 Å². The lowest BCUT2D eigenvalue weighted by Gasteiger charge is -2.09. The van der Waals surface area contributed by atoms with Crippen molar-refractivity contribution in [2.45, 2.75) is 13.8 Å². The van der Waals surface area contributed by atoms with Gasteiger partial charge in [0, 0.05) is 5.39 Å². The van der Waals surface area contributed by atoms with Gasteiger partial charge in [0.15, 0.2) is 11.6 Å². The molecule has 0 fully saturated rings. The van der Waals surface area contributed by atoms with Gasteiger partial charge in [0.1, 0.15) is 5.82 Å². The van der Waals surface area contributed by atoms with Crippen molar-refractivity contribution in [3.05, 3.63) is 89.7 Å². The summed E-state index contributed by atoms with van der Waals surface area (Å²) in [6.45, 7) is 3.98. The lowest BCUT2D eigenvalue weighted by Crippen LogP contribution is -2.03. The van der Waals surface area contributed by atoms with Crippen molar-refractivity contribution in [1.82, 2.24) is 9.97 Å². The van der Waals surface area contributed by atoms with Crippen molar-refractivity contribution in [2.75, 3.05) is 5.43 Å². The highest BCUT2D eigenvalue weighted by molar-refractivity contribution is 5.99. The number of hydrazone groups is 1. The van der Waals surface area contributed by atoms with Gasteiger partial charge in [-0.2, -0.15) is 5.10 Å². The van der Waals surface area contributed by atoms with Gasteiger partial charge in [0.2, 0.25) is 0 Å². The summed E-state index contributed by atoms with van der Waals surface area (Å²) in [5.74, 6) is 0.501. The zero-order chi connectivity index (χ0) is 19.5. The molecule has 0 spiro atoms. The number of para-hydroxylation sites is 1. The van der Waals surface area contributed by atoms with E-state index in [4.69, 9.17) is 0 Å². The number of nitrogens with one attached hydrogen (secondary N) is 1. The number of rotatable bonds is 4. The van der Waals surface area contributed by atoms with Crippen molar-refractivity contribution in [3.8, 4) is 11.4 Å². The first-order valence-electron chi connectivity index (χ1n) is 9.01. The third-order valence-corrected chi connectivity index (χ3v) is 4.52. The van der Waals surface area contributed by atoms with Crippen LogP contribution in [0.5, 0.6) is 0 Å². The molecule has 0 unspecified atom stereocenters. The van der Waals surface area contributed by atoms with Crippen LogP contribution in [0.2, 0.25) is 0 Å². The molecule has 1 aromatic heterocycles. The molecule has 0 amide bonds. The molecule has 4 aromatic rings. The second-order valence-electron chi connectivity index (χ2n) is 6.57. The normalized spacial score (nSPS) is 11.6. The molecule has 28 heavy (non-hydrogen) atoms. The number of hydrogen-bond donors (Lipinski definition) is 1. The fourth-order valence-corrected chi connectivity index (χ4v) is 2.92. The van der Waals surface area contributed by atoms with E-state index in [1.54, 1.807) is 18.2 Å². The first-order chi connectivity index (χ1) is 13.6. The Kier molecular flexibility index (Phi) is 4.81. The van der Waals surface area contributed by atoms with E-state index in [1.807, 2.05) is 62.4 Å². The summed E-state index contributed by atoms with van der Waals surface area (Å²) in [7, 11) is 0. The van der Waals surface area contributed by atoms with Gasteiger partial charge in [0.25, 0.3) is 0 Å². The topological polar surface area (TPSA) is 50.2 Å². The molecular weight excluding hydrogens is 351 g/mol. The van der Waals surface area contributed by atoms with E-state index < -0.39 is 0 Å². The molecule has 0 saturated heterocycles. The molecular formula is C23H19FN4. The van der Waals surface area contributed by atoms with E-state index in [9.17, 15) is 4.39 Å². The highest BCUT2D eigenvalue weighted by atomic mass is 19.1. The third kappa shape index (κ3) is 3.60. The minimum Gasteiger partial charge on any atom is -0.260 e. The van der Waals surface area contributed by atoms with E-state index in [2.05, 4.69) is 20.5 Å². The van der Waals surface area contributed by atoms with Gasteiger partial charge >= 0.3 is 0 Å². The van der Waals surface area contributed by atoms with E-state index in [1.165, 1.54) is 11.6 Å². The van der Waals surface area contributed by atoms with E-state index in [0.717, 1.165) is 22.2 Å². The average Bonchev–Trinajstić information content (AvgIpc) is 2.72. The monoisotopic (exact) mass is 370 g/mol. The first-order valence-corrected chi connectivity index (χ1v) is 9.01. The maximum Gasteiger partial charge on any atom is 0.165 e. The third-order valence-electron chi connectivity index (χ3n) is 4.52. The van der Waals surface area contributed by atoms with Gasteiger partial charge in [-0.05, 0) is 43.7 Å². The predicted molar refractivity (Wildman–Crippen MR) is 112 cm³/mol. The van der Waals surface area contributed by atoms with Crippen LogP contribution in [0.25, 0.3) is 22.3 Å². The fraction of sp³-hybridized carbons (Fsp3) is 0.0870. The number of nitrogens with zero attached hydrogens (tertiary/aromatic N) is 3. The Bertz CT molecular complexity index is 1170. The van der Waals surface area contributed by atoms with Gasteiger partial charge in [-0.15, -0.1) is 0 Å². The lowest BCUT2D eigenvalue weighted by atomic mass is 10.1. The van der Waals surface area contributed by atoms with Crippen molar-refractivity contribution in [2.24, 2.45) is 5.10 Å². The zero-order valence-electron chi connectivity index (χ0n) is 15.6. The molecule has 5 heteroatoms. The van der Waals surface area contributed by atoms with Crippen molar-refractivity contribution in [3.63, 3.8) is 0 Å². The Labute approximate surface area is 162 Å². The molecule has 0 aliphatic carbocycles. The highest BCUT2D eigenvalue weighted by Gasteiger charge is 2.12. The summed E-state index contributed by atoms with van der Waals surface area (Å²) in [6, 6.07) is 22.2. The maximum absolute atomic E-state index is 14.2. The molecule has 0 radical (unpaired) electrons. The largest absolute Gasteiger partial charge is 0.260 e. The lowest BCUT2D eigenvalue weighted by molar-refractivity contribution is 0.630. The molecule has 138 valence electrons. The van der Waals surface area contributed by atoms with Gasteiger partial charge in [-0.3, -0.25) is 5.43 Å². The summed E-state index contributed by atoms with van der Waals surface area (Å²) in [5, 5.41) is 5.31. The Morgan fingerprint density at radius 1 is 0.893 bits per heavy atom. The maximum atomic E-state index is 14.2. The Morgan fingerprint density at radius 3 is 2.39 bits per heavy atom. The van der Waals surface area contributed by atoms with E-state index in [0.29, 0.717) is 17.2 Å². The number of anilines is 1. The van der Waals surface area contributed by atoms with Crippen molar-refractivity contribution >= 4 is 22.4 Å². The van der Waals surface area contributed by atoms with Crippen molar-refractivity contribution in [1.29, 1.82) is 0 Å². The number of aryl methyl sites for hydroxylation is 1. The standard InChI is InChI=1S/C23H19FN4/c1-15-11-13-17(14-12-15)16(2)27-28-23-19-8-4-6-10-21(19)25-22(26-23)18-7-3-5-9-20(18)24/h3-14H,1-2H3,(H,25,26,28)/b27-16-. The van der Waals surface area contributed by atoms with Crippen LogP contribution in [0.3, 0.4) is 0 Å². The summed E-state index contributed by atoms with van der Waals surface area (Å²) in [6.07, 6.45) is 0. The Balaban J connectivity index is 1.76. The second-order valence-corrected chi connectivity index (χ2v) is 6.57. The fourth-order valence-electron chi connectivity index (χ4n) is 2.92. The molecule has 0 bridgehead atoms. The summed E-state index contributed by atoms with van der Waals surface area (Å²) in [5.41, 5.74) is 7.17. The van der Waals surface area contributed by atoms with E-state index >= 15 is 0 Å². The van der Waals surface area contributed by atoms with E-state index in [-0.39, 0.29) is 5.82 Å². The smallest absolute Gasteiger partial charge is 0.165 e. The van der Waals surface area contributed by atoms with Crippen LogP contribution in [0, 0.1) is 12.7 Å². The molecule has 4 nitrogen and oxygen atoms in total. The summed E-state index contributed by atoms with van der Waals surface area (Å²) in [4.78, 5) is 9.06. The molecule has 0 aliphatic heterocycles. The van der Waals surface area contributed by atoms with Crippen LogP contribution < -0.4 is 5.43 Å². The summed E-state index contributed by atoms with van der Waals surface area (Å²) < 4.78 is 14.2. The number of aromatic nitrogens is 2. The predicted octanol–water partition coefficient (Wildman–Crippen LogP) is 5.58. The van der Waals surface area contributed by atoms with Gasteiger partial charge in [-0.25, -0.2) is 14.4 Å². The number of halogens is 1. The summed E-state index contributed by atoms with van der Waals surface area (Å²) >= 11 is 0. The molecule has 1 N–H and O–H groups in total. The van der Waals surface area contributed by atoms with Crippen LogP contribution in [0.15, 0.2) is 77.9 Å². The Hall–Kier alpha value is -3.60. The van der Waals surface area contributed by atoms with Crippen LogP contribution in [-0.2, 0) is 0 Å². The molecule has 4 rings (SSSR count). The Morgan fingerprint density at radius 2 is 1.61 bits per heavy atom. The van der Waals surface area contributed by atoms with Gasteiger partial charge in [-0.1, -0.05) is 54.1 Å². The highest BCUT2D eigenvalue weighted by Crippen LogP contribution is 2.26. The minimum absolute atomic E-state index is 0.322. The molecule has 1 heterocycles. The quantitative estimate of drug-likeness (QED) is 0.377. The molecule has 0 aliphatic rings. The van der Waals surface area contributed by atoms with Crippen LogP contribution in [0.4, 0.5) is 10.2 Å². The molecule has 0 atom stereocenters. The van der Waals surface area contributed by atoms with Gasteiger partial charge in [0.05, 0.1) is 16.8 Å². The number of benzene rings is 3. The van der Waals surface area contributed by atoms with Crippen LogP contribution >= 0.6 is 0 Å². The van der Waals surface area contributed by atoms with Gasteiger partial charge < -0.3 is 0 Å².